The molecule has 1 unspecified atom stereocenters. The van der Waals surface area contributed by atoms with Crippen LogP contribution in [-0.2, 0) is 0 Å². The molecule has 1 aromatic rings. The Bertz CT molecular complexity index is 368. The molecule has 19 heavy (non-hydrogen) atoms. The molecule has 0 aromatic heterocycles. The second-order valence-electron chi connectivity index (χ2n) is 5.18. The first-order chi connectivity index (χ1) is 9.15. The molecule has 3 heteroatoms. The standard InChI is InChI=1S/C16H25BrFN/c1-2-3-4-5-6-7-8-9-16(19)14-11-10-13(18)12-15(14)17/h10-12,16H,2-9,19H2,1H3. The maximum atomic E-state index is 13.0. The van der Waals surface area contributed by atoms with E-state index in [0.29, 0.717) is 0 Å². The summed E-state index contributed by atoms with van der Waals surface area (Å²) in [5.41, 5.74) is 7.16. The van der Waals surface area contributed by atoms with E-state index >= 15 is 0 Å². The minimum Gasteiger partial charge on any atom is -0.324 e. The van der Waals surface area contributed by atoms with Crippen molar-refractivity contribution in [3.8, 4) is 0 Å². The van der Waals surface area contributed by atoms with Crippen LogP contribution in [-0.4, -0.2) is 0 Å². The molecule has 0 aliphatic carbocycles. The van der Waals surface area contributed by atoms with Gasteiger partial charge in [-0.25, -0.2) is 4.39 Å². The quantitative estimate of drug-likeness (QED) is 0.575. The van der Waals surface area contributed by atoms with Crippen molar-refractivity contribution < 1.29 is 4.39 Å². The van der Waals surface area contributed by atoms with Gasteiger partial charge in [0, 0.05) is 10.5 Å². The summed E-state index contributed by atoms with van der Waals surface area (Å²) in [6.07, 6.45) is 10.0. The Morgan fingerprint density at radius 2 is 1.74 bits per heavy atom. The topological polar surface area (TPSA) is 26.0 Å². The molecule has 0 aliphatic heterocycles. The smallest absolute Gasteiger partial charge is 0.124 e. The zero-order valence-electron chi connectivity index (χ0n) is 11.8. The summed E-state index contributed by atoms with van der Waals surface area (Å²) in [4.78, 5) is 0. The largest absolute Gasteiger partial charge is 0.324 e. The number of hydrogen-bond acceptors (Lipinski definition) is 1. The van der Waals surface area contributed by atoms with E-state index in [4.69, 9.17) is 5.73 Å². The number of rotatable bonds is 9. The predicted octanol–water partition coefficient (Wildman–Crippen LogP) is 5.73. The van der Waals surface area contributed by atoms with Crippen LogP contribution in [0.5, 0.6) is 0 Å². The Labute approximate surface area is 124 Å². The average Bonchev–Trinajstić information content (AvgIpc) is 2.37. The number of halogens is 2. The molecule has 1 atom stereocenters. The third-order valence-electron chi connectivity index (χ3n) is 3.48. The van der Waals surface area contributed by atoms with Crippen molar-refractivity contribution in [2.24, 2.45) is 5.73 Å². The number of hydrogen-bond donors (Lipinski definition) is 1. The molecular weight excluding hydrogens is 305 g/mol. The van der Waals surface area contributed by atoms with E-state index in [-0.39, 0.29) is 11.9 Å². The molecule has 108 valence electrons. The molecule has 1 nitrogen and oxygen atoms in total. The number of benzene rings is 1. The van der Waals surface area contributed by atoms with E-state index in [1.165, 1.54) is 50.7 Å². The second-order valence-corrected chi connectivity index (χ2v) is 6.04. The van der Waals surface area contributed by atoms with Crippen LogP contribution in [0.25, 0.3) is 0 Å². The van der Waals surface area contributed by atoms with Gasteiger partial charge >= 0.3 is 0 Å². The molecule has 0 aliphatic rings. The predicted molar refractivity (Wildman–Crippen MR) is 83.6 cm³/mol. The van der Waals surface area contributed by atoms with Crippen molar-refractivity contribution in [3.63, 3.8) is 0 Å². The molecule has 0 saturated heterocycles. The molecule has 0 saturated carbocycles. The van der Waals surface area contributed by atoms with Gasteiger partial charge in [-0.3, -0.25) is 0 Å². The van der Waals surface area contributed by atoms with Gasteiger partial charge in [0.05, 0.1) is 0 Å². The fourth-order valence-electron chi connectivity index (χ4n) is 2.28. The van der Waals surface area contributed by atoms with E-state index in [1.54, 1.807) is 6.07 Å². The molecule has 0 spiro atoms. The zero-order valence-corrected chi connectivity index (χ0v) is 13.4. The molecule has 0 bridgehead atoms. The molecule has 0 fully saturated rings. The summed E-state index contributed by atoms with van der Waals surface area (Å²) in [6.45, 7) is 2.24. The van der Waals surface area contributed by atoms with Gasteiger partial charge in [-0.2, -0.15) is 0 Å². The summed E-state index contributed by atoms with van der Waals surface area (Å²) < 4.78 is 13.8. The minimum atomic E-state index is -0.223. The highest BCUT2D eigenvalue weighted by Crippen LogP contribution is 2.26. The SMILES string of the molecule is CCCCCCCCCC(N)c1ccc(F)cc1Br. The van der Waals surface area contributed by atoms with Crippen molar-refractivity contribution in [1.82, 2.24) is 0 Å². The first-order valence-corrected chi connectivity index (χ1v) is 8.15. The Balaban J connectivity index is 2.22. The number of nitrogens with two attached hydrogens (primary N) is 1. The molecule has 1 rings (SSSR count). The van der Waals surface area contributed by atoms with Gasteiger partial charge in [-0.1, -0.05) is 73.9 Å². The maximum absolute atomic E-state index is 13.0. The Kier molecular flexibility index (Phi) is 8.31. The van der Waals surface area contributed by atoms with Gasteiger partial charge in [0.15, 0.2) is 0 Å². The molecule has 2 N–H and O–H groups in total. The third-order valence-corrected chi connectivity index (χ3v) is 4.17. The Morgan fingerprint density at radius 1 is 1.11 bits per heavy atom. The van der Waals surface area contributed by atoms with Gasteiger partial charge in [0.2, 0.25) is 0 Å². The summed E-state index contributed by atoms with van der Waals surface area (Å²) in [6, 6.07) is 4.75. The summed E-state index contributed by atoms with van der Waals surface area (Å²) in [5, 5.41) is 0. The third kappa shape index (κ3) is 6.53. The second kappa shape index (κ2) is 9.49. The fraction of sp³-hybridized carbons (Fsp3) is 0.625. The van der Waals surface area contributed by atoms with E-state index in [9.17, 15) is 4.39 Å². The van der Waals surface area contributed by atoms with Crippen LogP contribution >= 0.6 is 15.9 Å². The van der Waals surface area contributed by atoms with Crippen molar-refractivity contribution in [3.05, 3.63) is 34.1 Å². The van der Waals surface area contributed by atoms with Crippen LogP contribution in [0.3, 0.4) is 0 Å². The lowest BCUT2D eigenvalue weighted by molar-refractivity contribution is 0.539. The minimum absolute atomic E-state index is 0.00520. The van der Waals surface area contributed by atoms with E-state index in [1.807, 2.05) is 0 Å². The summed E-state index contributed by atoms with van der Waals surface area (Å²) in [5.74, 6) is -0.223. The van der Waals surface area contributed by atoms with Crippen molar-refractivity contribution >= 4 is 15.9 Å². The molecule has 1 aromatic carbocycles. The van der Waals surface area contributed by atoms with E-state index in [0.717, 1.165) is 22.9 Å². The maximum Gasteiger partial charge on any atom is 0.124 e. The highest BCUT2D eigenvalue weighted by Gasteiger charge is 2.10. The van der Waals surface area contributed by atoms with E-state index in [2.05, 4.69) is 22.9 Å². The summed E-state index contributed by atoms with van der Waals surface area (Å²) in [7, 11) is 0. The number of unbranched alkanes of at least 4 members (excludes halogenated alkanes) is 6. The van der Waals surface area contributed by atoms with Crippen LogP contribution in [0.15, 0.2) is 22.7 Å². The monoisotopic (exact) mass is 329 g/mol. The van der Waals surface area contributed by atoms with Crippen LogP contribution < -0.4 is 5.73 Å². The molecule has 0 amide bonds. The molecule has 0 heterocycles. The molecular formula is C16H25BrFN. The van der Waals surface area contributed by atoms with Crippen molar-refractivity contribution in [2.75, 3.05) is 0 Å². The van der Waals surface area contributed by atoms with Crippen LogP contribution in [0, 0.1) is 5.82 Å². The highest BCUT2D eigenvalue weighted by molar-refractivity contribution is 9.10. The van der Waals surface area contributed by atoms with Gasteiger partial charge in [0.25, 0.3) is 0 Å². The first-order valence-electron chi connectivity index (χ1n) is 7.35. The van der Waals surface area contributed by atoms with E-state index < -0.39 is 0 Å². The van der Waals surface area contributed by atoms with Crippen molar-refractivity contribution in [1.29, 1.82) is 0 Å². The lowest BCUT2D eigenvalue weighted by Gasteiger charge is -2.13. The normalized spacial score (nSPS) is 12.6. The van der Waals surface area contributed by atoms with Crippen LogP contribution in [0.1, 0.15) is 69.9 Å². The Hall–Kier alpha value is -0.410. The lowest BCUT2D eigenvalue weighted by Crippen LogP contribution is -2.11. The van der Waals surface area contributed by atoms with Gasteiger partial charge < -0.3 is 5.73 Å². The van der Waals surface area contributed by atoms with Gasteiger partial charge in [-0.15, -0.1) is 0 Å². The highest BCUT2D eigenvalue weighted by atomic mass is 79.9. The average molecular weight is 330 g/mol. The summed E-state index contributed by atoms with van der Waals surface area (Å²) >= 11 is 3.38. The van der Waals surface area contributed by atoms with Gasteiger partial charge in [-0.05, 0) is 24.1 Å². The Morgan fingerprint density at radius 3 is 2.37 bits per heavy atom. The van der Waals surface area contributed by atoms with Crippen LogP contribution in [0.2, 0.25) is 0 Å². The molecule has 0 radical (unpaired) electrons. The zero-order chi connectivity index (χ0) is 14.1. The van der Waals surface area contributed by atoms with Crippen LogP contribution in [0.4, 0.5) is 4.39 Å². The lowest BCUT2D eigenvalue weighted by atomic mass is 10.0. The first kappa shape index (κ1) is 16.6. The fourth-order valence-corrected chi connectivity index (χ4v) is 2.92. The van der Waals surface area contributed by atoms with Crippen molar-refractivity contribution in [2.45, 2.75) is 64.3 Å². The van der Waals surface area contributed by atoms with Gasteiger partial charge in [0.1, 0.15) is 5.82 Å².